The summed E-state index contributed by atoms with van der Waals surface area (Å²) in [6.45, 7) is 4.34. The molecule has 0 aromatic heterocycles. The molecule has 10 heteroatoms. The fourth-order valence-electron chi connectivity index (χ4n) is 2.55. The Balaban J connectivity index is 2.03. The number of morpholine rings is 1. The monoisotopic (exact) mass is 377 g/mol. The van der Waals surface area contributed by atoms with Crippen molar-refractivity contribution in [2.24, 2.45) is 0 Å². The minimum absolute atomic E-state index is 0.0712. The van der Waals surface area contributed by atoms with E-state index in [2.05, 4.69) is 9.44 Å². The van der Waals surface area contributed by atoms with Crippen LogP contribution in [0.15, 0.2) is 24.3 Å². The molecule has 1 aliphatic rings. The molecule has 24 heavy (non-hydrogen) atoms. The molecule has 2 atom stereocenters. The molecule has 0 radical (unpaired) electrons. The van der Waals surface area contributed by atoms with Crippen LogP contribution in [0.5, 0.6) is 0 Å². The van der Waals surface area contributed by atoms with Crippen molar-refractivity contribution in [2.45, 2.75) is 32.6 Å². The summed E-state index contributed by atoms with van der Waals surface area (Å²) < 4.78 is 59.1. The molecular formula is C14H23N3O5S2. The third-order valence-corrected chi connectivity index (χ3v) is 5.51. The van der Waals surface area contributed by atoms with E-state index in [0.717, 1.165) is 6.26 Å². The summed E-state index contributed by atoms with van der Waals surface area (Å²) in [5.74, 6) is 0. The number of benzene rings is 1. The van der Waals surface area contributed by atoms with Crippen LogP contribution in [0.3, 0.4) is 0 Å². The van der Waals surface area contributed by atoms with E-state index in [0.29, 0.717) is 24.3 Å². The van der Waals surface area contributed by atoms with Crippen LogP contribution in [0.4, 0.5) is 5.69 Å². The molecule has 1 aromatic rings. The van der Waals surface area contributed by atoms with Gasteiger partial charge in [0.1, 0.15) is 0 Å². The summed E-state index contributed by atoms with van der Waals surface area (Å²) in [5.41, 5.74) is 1.05. The van der Waals surface area contributed by atoms with Gasteiger partial charge in [-0.3, -0.25) is 4.72 Å². The molecule has 0 saturated carbocycles. The number of anilines is 1. The van der Waals surface area contributed by atoms with Crippen molar-refractivity contribution in [3.63, 3.8) is 0 Å². The molecule has 2 rings (SSSR count). The highest BCUT2D eigenvalue weighted by Crippen LogP contribution is 2.15. The zero-order valence-electron chi connectivity index (χ0n) is 13.9. The highest BCUT2D eigenvalue weighted by atomic mass is 32.2. The molecule has 0 amide bonds. The Morgan fingerprint density at radius 2 is 1.79 bits per heavy atom. The van der Waals surface area contributed by atoms with Crippen molar-refractivity contribution in [3.05, 3.63) is 29.8 Å². The molecule has 1 heterocycles. The van der Waals surface area contributed by atoms with Crippen LogP contribution in [0, 0.1) is 0 Å². The Kier molecular flexibility index (Phi) is 5.87. The second-order valence-electron chi connectivity index (χ2n) is 5.98. The summed E-state index contributed by atoms with van der Waals surface area (Å²) in [6.07, 6.45) is 0.739. The smallest absolute Gasteiger partial charge is 0.279 e. The van der Waals surface area contributed by atoms with Gasteiger partial charge >= 0.3 is 0 Å². The molecule has 1 saturated heterocycles. The average Bonchev–Trinajstić information content (AvgIpc) is 2.43. The SMILES string of the molecule is C[C@H]1CN(S(=O)(=O)NCc2cccc(NS(C)(=O)=O)c2)C[C@H](C)O1. The third-order valence-electron chi connectivity index (χ3n) is 3.41. The quantitative estimate of drug-likeness (QED) is 0.751. The fourth-order valence-corrected chi connectivity index (χ4v) is 4.45. The van der Waals surface area contributed by atoms with Gasteiger partial charge in [-0.25, -0.2) is 8.42 Å². The number of nitrogens with zero attached hydrogens (tertiary/aromatic N) is 1. The van der Waals surface area contributed by atoms with E-state index in [4.69, 9.17) is 4.74 Å². The highest BCUT2D eigenvalue weighted by Gasteiger charge is 2.30. The maximum atomic E-state index is 12.4. The normalized spacial score (nSPS) is 23.1. The van der Waals surface area contributed by atoms with Crippen molar-refractivity contribution < 1.29 is 21.6 Å². The first kappa shape index (κ1) is 19.1. The third kappa shape index (κ3) is 5.71. The fraction of sp³-hybridized carbons (Fsp3) is 0.571. The molecule has 0 aliphatic carbocycles. The Hall–Kier alpha value is -1.20. The molecule has 8 nitrogen and oxygen atoms in total. The molecule has 136 valence electrons. The van der Waals surface area contributed by atoms with Gasteiger partial charge in [0.2, 0.25) is 10.0 Å². The van der Waals surface area contributed by atoms with Gasteiger partial charge in [-0.15, -0.1) is 0 Å². The van der Waals surface area contributed by atoms with Gasteiger partial charge in [0.15, 0.2) is 0 Å². The van der Waals surface area contributed by atoms with Crippen LogP contribution in [0.1, 0.15) is 19.4 Å². The molecule has 0 unspecified atom stereocenters. The predicted octanol–water partition coefficient (Wildman–Crippen LogP) is 0.502. The largest absolute Gasteiger partial charge is 0.373 e. The number of hydrogen-bond acceptors (Lipinski definition) is 5. The van der Waals surface area contributed by atoms with E-state index in [-0.39, 0.29) is 18.8 Å². The lowest BCUT2D eigenvalue weighted by atomic mass is 10.2. The molecule has 1 aromatic carbocycles. The van der Waals surface area contributed by atoms with Gasteiger partial charge in [-0.1, -0.05) is 12.1 Å². The zero-order chi connectivity index (χ0) is 18.0. The number of sulfonamides is 1. The first-order valence-electron chi connectivity index (χ1n) is 7.52. The van der Waals surface area contributed by atoms with E-state index < -0.39 is 20.2 Å². The molecule has 0 spiro atoms. The average molecular weight is 377 g/mol. The van der Waals surface area contributed by atoms with Crippen molar-refractivity contribution >= 4 is 25.9 Å². The lowest BCUT2D eigenvalue weighted by Crippen LogP contribution is -2.51. The van der Waals surface area contributed by atoms with E-state index in [9.17, 15) is 16.8 Å². The van der Waals surface area contributed by atoms with Crippen molar-refractivity contribution in [1.82, 2.24) is 9.03 Å². The summed E-state index contributed by atoms with van der Waals surface area (Å²) in [4.78, 5) is 0. The first-order chi connectivity index (χ1) is 11.0. The van der Waals surface area contributed by atoms with Crippen molar-refractivity contribution in [2.75, 3.05) is 24.1 Å². The summed E-state index contributed by atoms with van der Waals surface area (Å²) in [7, 11) is -7.01. The maximum absolute atomic E-state index is 12.4. The molecule has 2 N–H and O–H groups in total. The van der Waals surface area contributed by atoms with Gasteiger partial charge in [-0.2, -0.15) is 17.4 Å². The molecule has 1 fully saturated rings. The molecule has 1 aliphatic heterocycles. The number of hydrogen-bond donors (Lipinski definition) is 2. The minimum atomic E-state index is -3.63. The van der Waals surface area contributed by atoms with Crippen molar-refractivity contribution in [3.8, 4) is 0 Å². The van der Waals surface area contributed by atoms with E-state index in [1.165, 1.54) is 4.31 Å². The lowest BCUT2D eigenvalue weighted by Gasteiger charge is -2.34. The van der Waals surface area contributed by atoms with Crippen LogP contribution in [0.2, 0.25) is 0 Å². The lowest BCUT2D eigenvalue weighted by molar-refractivity contribution is -0.0444. The molecular weight excluding hydrogens is 354 g/mol. The summed E-state index contributed by atoms with van der Waals surface area (Å²) in [5, 5.41) is 0. The van der Waals surface area contributed by atoms with Crippen LogP contribution in [-0.4, -0.2) is 52.7 Å². The van der Waals surface area contributed by atoms with Gasteiger partial charge in [0.05, 0.1) is 18.5 Å². The van der Waals surface area contributed by atoms with Crippen LogP contribution < -0.4 is 9.44 Å². The van der Waals surface area contributed by atoms with Gasteiger partial charge < -0.3 is 4.74 Å². The summed E-state index contributed by atoms with van der Waals surface area (Å²) in [6, 6.07) is 6.58. The second kappa shape index (κ2) is 7.36. The molecule has 0 bridgehead atoms. The van der Waals surface area contributed by atoms with E-state index in [1.807, 2.05) is 13.8 Å². The Morgan fingerprint density at radius 3 is 2.38 bits per heavy atom. The Labute approximate surface area is 143 Å². The Morgan fingerprint density at radius 1 is 1.17 bits per heavy atom. The van der Waals surface area contributed by atoms with Crippen LogP contribution >= 0.6 is 0 Å². The van der Waals surface area contributed by atoms with Gasteiger partial charge in [0, 0.05) is 25.3 Å². The minimum Gasteiger partial charge on any atom is -0.373 e. The highest BCUT2D eigenvalue weighted by molar-refractivity contribution is 7.92. The van der Waals surface area contributed by atoms with E-state index in [1.54, 1.807) is 24.3 Å². The van der Waals surface area contributed by atoms with E-state index >= 15 is 0 Å². The van der Waals surface area contributed by atoms with Crippen molar-refractivity contribution in [1.29, 1.82) is 0 Å². The maximum Gasteiger partial charge on any atom is 0.279 e. The second-order valence-corrected chi connectivity index (χ2v) is 9.48. The standard InChI is InChI=1S/C14H23N3O5S2/c1-11-9-17(10-12(2)22-11)24(20,21)15-8-13-5-4-6-14(7-13)16-23(3,18)19/h4-7,11-12,15-16H,8-10H2,1-3H3/t11-,12-/m0/s1. The zero-order valence-corrected chi connectivity index (χ0v) is 15.5. The number of ether oxygens (including phenoxy) is 1. The van der Waals surface area contributed by atoms with Crippen LogP contribution in [0.25, 0.3) is 0 Å². The van der Waals surface area contributed by atoms with Gasteiger partial charge in [-0.05, 0) is 31.5 Å². The predicted molar refractivity (Wildman–Crippen MR) is 92.3 cm³/mol. The number of nitrogens with one attached hydrogen (secondary N) is 2. The van der Waals surface area contributed by atoms with Gasteiger partial charge in [0.25, 0.3) is 10.2 Å². The summed E-state index contributed by atoms with van der Waals surface area (Å²) >= 11 is 0. The topological polar surface area (TPSA) is 105 Å². The first-order valence-corrected chi connectivity index (χ1v) is 10.9. The Bertz CT molecular complexity index is 769. The number of rotatable bonds is 6. The van der Waals surface area contributed by atoms with Crippen LogP contribution in [-0.2, 0) is 31.5 Å².